The van der Waals surface area contributed by atoms with Crippen molar-refractivity contribution in [1.82, 2.24) is 0 Å². The number of hydrogen-bond donors (Lipinski definition) is 2. The molecule has 0 bridgehead atoms. The van der Waals surface area contributed by atoms with Gasteiger partial charge in [-0.2, -0.15) is 5.26 Å². The molecule has 3 nitrogen and oxygen atoms in total. The first-order valence-electron chi connectivity index (χ1n) is 4.18. The maximum absolute atomic E-state index is 13.2. The molecule has 0 radical (unpaired) electrons. The van der Waals surface area contributed by atoms with Crippen LogP contribution < -0.4 is 0 Å². The Morgan fingerprint density at radius 1 is 1.27 bits per heavy atom. The molecule has 2 unspecified atom stereocenters. The van der Waals surface area contributed by atoms with Crippen LogP contribution in [-0.4, -0.2) is 16.3 Å². The number of aliphatic hydroxyl groups is 2. The lowest BCUT2D eigenvalue weighted by molar-refractivity contribution is 0.0502. The molecule has 5 heteroatoms. The van der Waals surface area contributed by atoms with E-state index in [0.29, 0.717) is 6.07 Å². The normalized spacial score (nSPS) is 14.4. The predicted octanol–water partition coefficient (Wildman–Crippen LogP) is 1.19. The Bertz CT molecular complexity index is 415. The number of hydrogen-bond acceptors (Lipinski definition) is 3. The van der Waals surface area contributed by atoms with E-state index in [2.05, 4.69) is 0 Å². The number of nitrogens with zero attached hydrogens (tertiary/aromatic N) is 1. The van der Waals surface area contributed by atoms with Gasteiger partial charge >= 0.3 is 0 Å². The van der Waals surface area contributed by atoms with Gasteiger partial charge in [0.15, 0.2) is 6.10 Å². The standard InChI is InChI=1S/C10H9F2NO2/c1-5-2-6(8(12)3-7(5)11)10(15)9(14)4-13/h2-3,9-10,14-15H,1H3. The molecule has 0 spiro atoms. The fourth-order valence-electron chi connectivity index (χ4n) is 1.15. The Kier molecular flexibility index (Phi) is 3.35. The van der Waals surface area contributed by atoms with E-state index in [4.69, 9.17) is 10.4 Å². The highest BCUT2D eigenvalue weighted by atomic mass is 19.1. The molecule has 80 valence electrons. The van der Waals surface area contributed by atoms with Gasteiger partial charge in [0.05, 0.1) is 6.07 Å². The zero-order valence-corrected chi connectivity index (χ0v) is 7.91. The quantitative estimate of drug-likeness (QED) is 0.725. The first kappa shape index (κ1) is 11.6. The smallest absolute Gasteiger partial charge is 0.170 e. The molecule has 15 heavy (non-hydrogen) atoms. The van der Waals surface area contributed by atoms with Crippen LogP contribution in [0.25, 0.3) is 0 Å². The van der Waals surface area contributed by atoms with Gasteiger partial charge in [0.1, 0.15) is 17.7 Å². The fourth-order valence-corrected chi connectivity index (χ4v) is 1.15. The summed E-state index contributed by atoms with van der Waals surface area (Å²) < 4.78 is 26.0. The molecule has 1 aromatic rings. The van der Waals surface area contributed by atoms with Gasteiger partial charge in [-0.15, -0.1) is 0 Å². The highest BCUT2D eigenvalue weighted by Gasteiger charge is 2.22. The van der Waals surface area contributed by atoms with Gasteiger partial charge in [0, 0.05) is 11.6 Å². The Balaban J connectivity index is 3.16. The minimum atomic E-state index is -1.73. The van der Waals surface area contributed by atoms with Crippen LogP contribution in [0.15, 0.2) is 12.1 Å². The monoisotopic (exact) mass is 213 g/mol. The van der Waals surface area contributed by atoms with E-state index in [9.17, 15) is 13.9 Å². The molecule has 0 aliphatic rings. The summed E-state index contributed by atoms with van der Waals surface area (Å²) in [6.07, 6.45) is -3.40. The van der Waals surface area contributed by atoms with Crippen molar-refractivity contribution < 1.29 is 19.0 Å². The second-order valence-electron chi connectivity index (χ2n) is 3.14. The highest BCUT2D eigenvalue weighted by molar-refractivity contribution is 5.28. The Morgan fingerprint density at radius 2 is 1.87 bits per heavy atom. The van der Waals surface area contributed by atoms with Gasteiger partial charge in [-0.1, -0.05) is 0 Å². The zero-order valence-electron chi connectivity index (χ0n) is 7.91. The molecular formula is C10H9F2NO2. The lowest BCUT2D eigenvalue weighted by atomic mass is 10.0. The number of halogens is 2. The Labute approximate surface area is 85.2 Å². The molecular weight excluding hydrogens is 204 g/mol. The van der Waals surface area contributed by atoms with Crippen LogP contribution >= 0.6 is 0 Å². The number of aliphatic hydroxyl groups excluding tert-OH is 2. The number of aryl methyl sites for hydroxylation is 1. The van der Waals surface area contributed by atoms with E-state index >= 15 is 0 Å². The second kappa shape index (κ2) is 4.34. The summed E-state index contributed by atoms with van der Waals surface area (Å²) in [5.74, 6) is -1.73. The highest BCUT2D eigenvalue weighted by Crippen LogP contribution is 2.22. The fraction of sp³-hybridized carbons (Fsp3) is 0.300. The van der Waals surface area contributed by atoms with Crippen LogP contribution in [0.5, 0.6) is 0 Å². The number of nitriles is 1. The summed E-state index contributed by atoms with van der Waals surface area (Å²) in [4.78, 5) is 0. The van der Waals surface area contributed by atoms with Crippen molar-refractivity contribution in [2.45, 2.75) is 19.1 Å². The largest absolute Gasteiger partial charge is 0.384 e. The molecule has 0 saturated heterocycles. The summed E-state index contributed by atoms with van der Waals surface area (Å²) in [5, 5.41) is 26.7. The molecule has 2 N–H and O–H groups in total. The molecule has 0 saturated carbocycles. The van der Waals surface area contributed by atoms with Crippen molar-refractivity contribution in [3.63, 3.8) is 0 Å². The van der Waals surface area contributed by atoms with Gasteiger partial charge in [-0.05, 0) is 18.6 Å². The Hall–Kier alpha value is -1.51. The number of benzene rings is 1. The van der Waals surface area contributed by atoms with Crippen LogP contribution in [0.4, 0.5) is 8.78 Å². The summed E-state index contributed by atoms with van der Waals surface area (Å²) in [6, 6.07) is 3.04. The number of rotatable bonds is 2. The van der Waals surface area contributed by atoms with E-state index in [1.807, 2.05) is 0 Å². The molecule has 2 atom stereocenters. The van der Waals surface area contributed by atoms with E-state index < -0.39 is 23.8 Å². The van der Waals surface area contributed by atoms with Gasteiger partial charge in [-0.3, -0.25) is 0 Å². The van der Waals surface area contributed by atoms with Crippen molar-refractivity contribution in [2.24, 2.45) is 0 Å². The van der Waals surface area contributed by atoms with Gasteiger partial charge in [0.25, 0.3) is 0 Å². The summed E-state index contributed by atoms with van der Waals surface area (Å²) in [6.45, 7) is 1.39. The zero-order chi connectivity index (χ0) is 11.6. The van der Waals surface area contributed by atoms with Crippen LogP contribution in [0.2, 0.25) is 0 Å². The van der Waals surface area contributed by atoms with Crippen LogP contribution in [0, 0.1) is 29.9 Å². The van der Waals surface area contributed by atoms with Crippen molar-refractivity contribution in [3.8, 4) is 6.07 Å². The molecule has 0 fully saturated rings. The van der Waals surface area contributed by atoms with E-state index in [0.717, 1.165) is 6.07 Å². The third-order valence-electron chi connectivity index (χ3n) is 2.03. The lowest BCUT2D eigenvalue weighted by Gasteiger charge is -2.13. The third kappa shape index (κ3) is 2.29. The van der Waals surface area contributed by atoms with E-state index in [1.54, 1.807) is 0 Å². The molecule has 0 aliphatic carbocycles. The SMILES string of the molecule is Cc1cc(C(O)C(O)C#N)c(F)cc1F. The average molecular weight is 213 g/mol. The first-order valence-corrected chi connectivity index (χ1v) is 4.18. The Morgan fingerprint density at radius 3 is 2.40 bits per heavy atom. The molecule has 0 heterocycles. The van der Waals surface area contributed by atoms with Crippen molar-refractivity contribution in [1.29, 1.82) is 5.26 Å². The van der Waals surface area contributed by atoms with E-state index in [-0.39, 0.29) is 11.1 Å². The molecule has 0 aromatic heterocycles. The minimum absolute atomic E-state index is 0.135. The summed E-state index contributed by atoms with van der Waals surface area (Å²) >= 11 is 0. The third-order valence-corrected chi connectivity index (χ3v) is 2.03. The second-order valence-corrected chi connectivity index (χ2v) is 3.14. The first-order chi connectivity index (χ1) is 6.97. The van der Waals surface area contributed by atoms with Gasteiger partial charge in [-0.25, -0.2) is 8.78 Å². The maximum atomic E-state index is 13.2. The summed E-state index contributed by atoms with van der Waals surface area (Å²) in [5.41, 5.74) is -0.154. The maximum Gasteiger partial charge on any atom is 0.170 e. The summed E-state index contributed by atoms with van der Waals surface area (Å²) in [7, 11) is 0. The topological polar surface area (TPSA) is 64.2 Å². The van der Waals surface area contributed by atoms with Gasteiger partial charge in [0.2, 0.25) is 0 Å². The molecule has 1 rings (SSSR count). The minimum Gasteiger partial charge on any atom is -0.384 e. The van der Waals surface area contributed by atoms with Crippen molar-refractivity contribution in [2.75, 3.05) is 0 Å². The molecule has 1 aromatic carbocycles. The van der Waals surface area contributed by atoms with Crippen molar-refractivity contribution in [3.05, 3.63) is 34.9 Å². The van der Waals surface area contributed by atoms with Crippen LogP contribution in [0.1, 0.15) is 17.2 Å². The lowest BCUT2D eigenvalue weighted by Crippen LogP contribution is -2.17. The average Bonchev–Trinajstić information content (AvgIpc) is 2.21. The van der Waals surface area contributed by atoms with Gasteiger partial charge < -0.3 is 10.2 Å². The van der Waals surface area contributed by atoms with Crippen LogP contribution in [0.3, 0.4) is 0 Å². The molecule has 0 aliphatic heterocycles. The predicted molar refractivity (Wildman–Crippen MR) is 47.7 cm³/mol. The molecule has 0 amide bonds. The van der Waals surface area contributed by atoms with Crippen LogP contribution in [-0.2, 0) is 0 Å². The van der Waals surface area contributed by atoms with E-state index in [1.165, 1.54) is 13.0 Å². The van der Waals surface area contributed by atoms with Crippen molar-refractivity contribution >= 4 is 0 Å².